The van der Waals surface area contributed by atoms with Crippen molar-refractivity contribution < 1.29 is 9.90 Å². The van der Waals surface area contributed by atoms with Gasteiger partial charge in [0.1, 0.15) is 5.75 Å². The normalized spacial score (nSPS) is 16.4. The number of benzene rings is 1. The molecular formula is C17H26N2O2. The first kappa shape index (κ1) is 15.8. The average molecular weight is 290 g/mol. The van der Waals surface area contributed by atoms with Gasteiger partial charge in [-0.25, -0.2) is 0 Å². The van der Waals surface area contributed by atoms with E-state index in [1.54, 1.807) is 12.1 Å². The highest BCUT2D eigenvalue weighted by Gasteiger charge is 2.12. The lowest BCUT2D eigenvalue weighted by Gasteiger charge is -2.16. The molecule has 0 aliphatic heterocycles. The molecule has 1 aromatic rings. The Bertz CT molecular complexity index is 466. The second-order valence-electron chi connectivity index (χ2n) is 5.92. The van der Waals surface area contributed by atoms with Crippen molar-refractivity contribution in [3.8, 4) is 5.75 Å². The summed E-state index contributed by atoms with van der Waals surface area (Å²) in [5.74, 6) is -0.167. The van der Waals surface area contributed by atoms with E-state index in [0.29, 0.717) is 18.2 Å². The van der Waals surface area contributed by atoms with Gasteiger partial charge in [0.05, 0.1) is 5.56 Å². The molecule has 0 spiro atoms. The predicted molar refractivity (Wildman–Crippen MR) is 84.7 cm³/mol. The molecule has 0 aromatic heterocycles. The standard InChI is InChI=1S/C17H26N2O2/c1-13-8-9-15(16(20)12-13)17(21)19-11-10-18-14-6-4-2-3-5-7-14/h8-9,12,14,18,20H,2-7,10-11H2,1H3,(H,19,21). The largest absolute Gasteiger partial charge is 0.507 e. The summed E-state index contributed by atoms with van der Waals surface area (Å²) in [6.07, 6.45) is 7.80. The fourth-order valence-corrected chi connectivity index (χ4v) is 2.86. The van der Waals surface area contributed by atoms with Crippen LogP contribution in [0.15, 0.2) is 18.2 Å². The number of phenolic OH excluding ortho intramolecular Hbond substituents is 1. The van der Waals surface area contributed by atoms with Gasteiger partial charge in [0.25, 0.3) is 5.91 Å². The highest BCUT2D eigenvalue weighted by Crippen LogP contribution is 2.18. The third-order valence-electron chi connectivity index (χ3n) is 4.10. The zero-order chi connectivity index (χ0) is 15.1. The summed E-state index contributed by atoms with van der Waals surface area (Å²) in [6, 6.07) is 5.70. The van der Waals surface area contributed by atoms with Gasteiger partial charge in [0.2, 0.25) is 0 Å². The smallest absolute Gasteiger partial charge is 0.255 e. The van der Waals surface area contributed by atoms with Gasteiger partial charge in [-0.3, -0.25) is 4.79 Å². The van der Waals surface area contributed by atoms with E-state index in [1.807, 2.05) is 13.0 Å². The van der Waals surface area contributed by atoms with Crippen LogP contribution in [-0.2, 0) is 0 Å². The summed E-state index contributed by atoms with van der Waals surface area (Å²) in [4.78, 5) is 12.0. The summed E-state index contributed by atoms with van der Waals surface area (Å²) in [5, 5.41) is 16.1. The van der Waals surface area contributed by atoms with Crippen LogP contribution in [0.2, 0.25) is 0 Å². The van der Waals surface area contributed by atoms with Crippen LogP contribution < -0.4 is 10.6 Å². The van der Waals surface area contributed by atoms with Crippen LogP contribution in [0.25, 0.3) is 0 Å². The number of aromatic hydroxyl groups is 1. The number of hydrogen-bond donors (Lipinski definition) is 3. The number of aryl methyl sites for hydroxylation is 1. The maximum absolute atomic E-state index is 12.0. The molecule has 0 heterocycles. The zero-order valence-corrected chi connectivity index (χ0v) is 12.8. The highest BCUT2D eigenvalue weighted by atomic mass is 16.3. The van der Waals surface area contributed by atoms with Crippen molar-refractivity contribution in [3.63, 3.8) is 0 Å². The van der Waals surface area contributed by atoms with Crippen molar-refractivity contribution in [2.45, 2.75) is 51.5 Å². The third-order valence-corrected chi connectivity index (χ3v) is 4.10. The van der Waals surface area contributed by atoms with Gasteiger partial charge in [-0.15, -0.1) is 0 Å². The van der Waals surface area contributed by atoms with E-state index in [2.05, 4.69) is 10.6 Å². The molecule has 1 saturated carbocycles. The summed E-state index contributed by atoms with van der Waals surface area (Å²) in [5.41, 5.74) is 1.29. The van der Waals surface area contributed by atoms with Crippen molar-refractivity contribution in [2.75, 3.05) is 13.1 Å². The molecule has 1 aliphatic rings. The molecule has 0 bridgehead atoms. The molecule has 1 aliphatic carbocycles. The molecule has 1 amide bonds. The van der Waals surface area contributed by atoms with Gasteiger partial charge in [0.15, 0.2) is 0 Å². The quantitative estimate of drug-likeness (QED) is 0.577. The monoisotopic (exact) mass is 290 g/mol. The molecule has 4 nitrogen and oxygen atoms in total. The number of nitrogens with one attached hydrogen (secondary N) is 2. The molecule has 0 saturated heterocycles. The fraction of sp³-hybridized carbons (Fsp3) is 0.588. The summed E-state index contributed by atoms with van der Waals surface area (Å²) in [7, 11) is 0. The average Bonchev–Trinajstić information content (AvgIpc) is 2.72. The number of phenols is 1. The van der Waals surface area contributed by atoms with Gasteiger partial charge >= 0.3 is 0 Å². The van der Waals surface area contributed by atoms with E-state index in [-0.39, 0.29) is 11.7 Å². The fourth-order valence-electron chi connectivity index (χ4n) is 2.86. The van der Waals surface area contributed by atoms with Crippen LogP contribution >= 0.6 is 0 Å². The Balaban J connectivity index is 1.71. The van der Waals surface area contributed by atoms with Crippen LogP contribution in [0.5, 0.6) is 5.75 Å². The Morgan fingerprint density at radius 1 is 1.19 bits per heavy atom. The molecule has 3 N–H and O–H groups in total. The predicted octanol–water partition coefficient (Wildman–Crippen LogP) is 2.74. The van der Waals surface area contributed by atoms with E-state index in [0.717, 1.165) is 12.1 Å². The summed E-state index contributed by atoms with van der Waals surface area (Å²) < 4.78 is 0. The molecule has 4 heteroatoms. The first-order chi connectivity index (χ1) is 10.2. The minimum absolute atomic E-state index is 0.0456. The van der Waals surface area contributed by atoms with E-state index in [4.69, 9.17) is 0 Å². The maximum Gasteiger partial charge on any atom is 0.255 e. The van der Waals surface area contributed by atoms with Gasteiger partial charge in [0, 0.05) is 19.1 Å². The number of hydrogen-bond acceptors (Lipinski definition) is 3. The Hall–Kier alpha value is -1.55. The molecule has 1 aromatic carbocycles. The molecule has 2 rings (SSSR count). The second-order valence-corrected chi connectivity index (χ2v) is 5.92. The Morgan fingerprint density at radius 2 is 1.90 bits per heavy atom. The van der Waals surface area contributed by atoms with Crippen LogP contribution in [0.3, 0.4) is 0 Å². The first-order valence-electron chi connectivity index (χ1n) is 7.98. The maximum atomic E-state index is 12.0. The highest BCUT2D eigenvalue weighted by molar-refractivity contribution is 5.96. The van der Waals surface area contributed by atoms with Crippen molar-refractivity contribution in [3.05, 3.63) is 29.3 Å². The Morgan fingerprint density at radius 3 is 2.57 bits per heavy atom. The van der Waals surface area contributed by atoms with Crippen molar-refractivity contribution in [2.24, 2.45) is 0 Å². The lowest BCUT2D eigenvalue weighted by Crippen LogP contribution is -2.36. The molecule has 0 radical (unpaired) electrons. The zero-order valence-electron chi connectivity index (χ0n) is 12.8. The number of carbonyl (C=O) groups is 1. The number of carbonyl (C=O) groups excluding carboxylic acids is 1. The molecule has 21 heavy (non-hydrogen) atoms. The summed E-state index contributed by atoms with van der Waals surface area (Å²) >= 11 is 0. The van der Waals surface area contributed by atoms with E-state index in [1.165, 1.54) is 38.5 Å². The molecule has 0 unspecified atom stereocenters. The number of rotatable bonds is 5. The molecule has 1 fully saturated rings. The van der Waals surface area contributed by atoms with Gasteiger partial charge < -0.3 is 15.7 Å². The number of amides is 1. The second kappa shape index (κ2) is 8.03. The van der Waals surface area contributed by atoms with Crippen molar-refractivity contribution in [1.29, 1.82) is 0 Å². The molecular weight excluding hydrogens is 264 g/mol. The van der Waals surface area contributed by atoms with Crippen LogP contribution in [0, 0.1) is 6.92 Å². The van der Waals surface area contributed by atoms with Crippen LogP contribution in [0.1, 0.15) is 54.4 Å². The lowest BCUT2D eigenvalue weighted by molar-refractivity contribution is 0.0951. The minimum Gasteiger partial charge on any atom is -0.507 e. The van der Waals surface area contributed by atoms with E-state index >= 15 is 0 Å². The molecule has 116 valence electrons. The lowest BCUT2D eigenvalue weighted by atomic mass is 10.1. The van der Waals surface area contributed by atoms with Gasteiger partial charge in [-0.1, -0.05) is 31.7 Å². The SMILES string of the molecule is Cc1ccc(C(=O)NCCNC2CCCCCC2)c(O)c1. The van der Waals surface area contributed by atoms with Crippen molar-refractivity contribution >= 4 is 5.91 Å². The minimum atomic E-state index is -0.213. The first-order valence-corrected chi connectivity index (χ1v) is 7.98. The Kier molecular flexibility index (Phi) is 6.05. The third kappa shape index (κ3) is 5.05. The van der Waals surface area contributed by atoms with Gasteiger partial charge in [-0.2, -0.15) is 0 Å². The summed E-state index contributed by atoms with van der Waals surface area (Å²) in [6.45, 7) is 3.25. The van der Waals surface area contributed by atoms with E-state index in [9.17, 15) is 9.90 Å². The van der Waals surface area contributed by atoms with E-state index < -0.39 is 0 Å². The van der Waals surface area contributed by atoms with Crippen LogP contribution in [-0.4, -0.2) is 30.1 Å². The van der Waals surface area contributed by atoms with Gasteiger partial charge in [-0.05, 0) is 37.5 Å². The Labute approximate surface area is 126 Å². The van der Waals surface area contributed by atoms with Crippen molar-refractivity contribution in [1.82, 2.24) is 10.6 Å². The van der Waals surface area contributed by atoms with Crippen LogP contribution in [0.4, 0.5) is 0 Å². The topological polar surface area (TPSA) is 61.4 Å². The molecule has 0 atom stereocenters.